The van der Waals surface area contributed by atoms with E-state index in [9.17, 15) is 0 Å². The topological polar surface area (TPSA) is 82.6 Å². The minimum atomic E-state index is 0.0690. The number of nitrogens with one attached hydrogen (secondary N) is 1. The van der Waals surface area contributed by atoms with Gasteiger partial charge in [-0.2, -0.15) is 0 Å². The molecule has 0 saturated heterocycles. The first-order chi connectivity index (χ1) is 9.58. The van der Waals surface area contributed by atoms with Crippen LogP contribution >= 0.6 is 0 Å². The molecular weight excluding hydrogens is 254 g/mol. The van der Waals surface area contributed by atoms with Gasteiger partial charge in [0.2, 0.25) is 0 Å². The summed E-state index contributed by atoms with van der Waals surface area (Å²) in [6.45, 7) is 1.98. The molecule has 1 rings (SSSR count). The van der Waals surface area contributed by atoms with Crippen molar-refractivity contribution < 1.29 is 9.84 Å². The van der Waals surface area contributed by atoms with Gasteiger partial charge in [-0.3, -0.25) is 5.41 Å². The summed E-state index contributed by atoms with van der Waals surface area (Å²) in [4.78, 5) is 2.21. The monoisotopic (exact) mass is 279 g/mol. The maximum atomic E-state index is 8.76. The van der Waals surface area contributed by atoms with Gasteiger partial charge in [-0.1, -0.05) is 0 Å². The number of hydrogen-bond acceptors (Lipinski definition) is 4. The van der Waals surface area contributed by atoms with Crippen LogP contribution in [0.5, 0.6) is 5.75 Å². The molecule has 0 amide bonds. The van der Waals surface area contributed by atoms with Crippen molar-refractivity contribution in [3.05, 3.63) is 29.3 Å². The van der Waals surface area contributed by atoms with Crippen molar-refractivity contribution in [1.29, 1.82) is 5.41 Å². The Labute approximate surface area is 120 Å². The van der Waals surface area contributed by atoms with Crippen LogP contribution in [0.2, 0.25) is 0 Å². The molecule has 0 aliphatic heterocycles. The molecule has 0 heterocycles. The highest BCUT2D eigenvalue weighted by molar-refractivity contribution is 5.95. The van der Waals surface area contributed by atoms with E-state index in [0.717, 1.165) is 49.2 Å². The van der Waals surface area contributed by atoms with Crippen LogP contribution in [0.4, 0.5) is 0 Å². The highest BCUT2D eigenvalue weighted by Gasteiger charge is 2.08. The van der Waals surface area contributed by atoms with Gasteiger partial charge in [0.15, 0.2) is 0 Å². The Kier molecular flexibility index (Phi) is 7.04. The third-order valence-electron chi connectivity index (χ3n) is 3.23. The van der Waals surface area contributed by atoms with E-state index < -0.39 is 0 Å². The standard InChI is InChI=1S/C15H25N3O2/c1-18(8-4-3-5-9-19)11-13-10-12(15(16)17)6-7-14(13)20-2/h6-7,10,19H,3-5,8-9,11H2,1-2H3,(H3,16,17). The second-order valence-electron chi connectivity index (χ2n) is 4.96. The summed E-state index contributed by atoms with van der Waals surface area (Å²) in [5.74, 6) is 0.886. The lowest BCUT2D eigenvalue weighted by Gasteiger charge is -2.19. The summed E-state index contributed by atoms with van der Waals surface area (Å²) in [5, 5.41) is 16.3. The number of nitrogen functional groups attached to an aromatic ring is 1. The Balaban J connectivity index is 2.64. The molecule has 1 aromatic rings. The lowest BCUT2D eigenvalue weighted by atomic mass is 10.1. The van der Waals surface area contributed by atoms with E-state index in [-0.39, 0.29) is 12.4 Å². The zero-order valence-corrected chi connectivity index (χ0v) is 12.4. The lowest BCUT2D eigenvalue weighted by Crippen LogP contribution is -2.20. The second kappa shape index (κ2) is 8.55. The molecule has 112 valence electrons. The van der Waals surface area contributed by atoms with Gasteiger partial charge in [0, 0.05) is 24.3 Å². The minimum absolute atomic E-state index is 0.0690. The van der Waals surface area contributed by atoms with Gasteiger partial charge in [-0.25, -0.2) is 0 Å². The summed E-state index contributed by atoms with van der Waals surface area (Å²) in [6.07, 6.45) is 2.95. The van der Waals surface area contributed by atoms with E-state index in [4.69, 9.17) is 21.0 Å². The zero-order valence-electron chi connectivity index (χ0n) is 12.4. The fraction of sp³-hybridized carbons (Fsp3) is 0.533. The van der Waals surface area contributed by atoms with Crippen LogP contribution in [0.25, 0.3) is 0 Å². The number of ether oxygens (including phenoxy) is 1. The molecule has 0 atom stereocenters. The van der Waals surface area contributed by atoms with Gasteiger partial charge >= 0.3 is 0 Å². The van der Waals surface area contributed by atoms with Gasteiger partial charge in [0.05, 0.1) is 7.11 Å². The van der Waals surface area contributed by atoms with Gasteiger partial charge < -0.3 is 20.5 Å². The fourth-order valence-corrected chi connectivity index (χ4v) is 2.11. The number of amidine groups is 1. The number of methoxy groups -OCH3 is 1. The molecule has 0 saturated carbocycles. The smallest absolute Gasteiger partial charge is 0.123 e. The number of benzene rings is 1. The van der Waals surface area contributed by atoms with E-state index in [1.54, 1.807) is 13.2 Å². The molecule has 20 heavy (non-hydrogen) atoms. The van der Waals surface area contributed by atoms with Crippen molar-refractivity contribution in [2.24, 2.45) is 5.73 Å². The summed E-state index contributed by atoms with van der Waals surface area (Å²) in [5.41, 5.74) is 7.27. The molecule has 0 aromatic heterocycles. The maximum Gasteiger partial charge on any atom is 0.123 e. The Bertz CT molecular complexity index is 435. The third kappa shape index (κ3) is 5.19. The minimum Gasteiger partial charge on any atom is -0.496 e. The number of unbranched alkanes of at least 4 members (excludes halogenated alkanes) is 2. The predicted octanol–water partition coefficient (Wildman–Crippen LogP) is 1.57. The van der Waals surface area contributed by atoms with Crippen molar-refractivity contribution in [3.63, 3.8) is 0 Å². The van der Waals surface area contributed by atoms with Gasteiger partial charge in [-0.05, 0) is 51.1 Å². The number of aliphatic hydroxyl groups is 1. The molecule has 0 spiro atoms. The van der Waals surface area contributed by atoms with E-state index in [0.29, 0.717) is 0 Å². The van der Waals surface area contributed by atoms with E-state index in [1.807, 2.05) is 12.1 Å². The molecule has 0 unspecified atom stereocenters. The third-order valence-corrected chi connectivity index (χ3v) is 3.23. The average molecular weight is 279 g/mol. The van der Waals surface area contributed by atoms with E-state index in [2.05, 4.69) is 11.9 Å². The molecular formula is C15H25N3O2. The average Bonchev–Trinajstić information content (AvgIpc) is 2.43. The second-order valence-corrected chi connectivity index (χ2v) is 4.96. The molecule has 5 nitrogen and oxygen atoms in total. The van der Waals surface area contributed by atoms with Crippen LogP contribution in [-0.2, 0) is 6.54 Å². The quantitative estimate of drug-likeness (QED) is 0.364. The number of rotatable bonds is 9. The Morgan fingerprint density at radius 3 is 2.70 bits per heavy atom. The Hall–Kier alpha value is -1.59. The van der Waals surface area contributed by atoms with Crippen LogP contribution < -0.4 is 10.5 Å². The van der Waals surface area contributed by atoms with Crippen LogP contribution in [0.15, 0.2) is 18.2 Å². The molecule has 0 aliphatic carbocycles. The van der Waals surface area contributed by atoms with Crippen LogP contribution in [-0.4, -0.2) is 43.2 Å². The normalized spacial score (nSPS) is 10.8. The van der Waals surface area contributed by atoms with Crippen molar-refractivity contribution in [2.45, 2.75) is 25.8 Å². The first-order valence-corrected chi connectivity index (χ1v) is 6.89. The number of hydrogen-bond donors (Lipinski definition) is 3. The largest absolute Gasteiger partial charge is 0.496 e. The highest BCUT2D eigenvalue weighted by Crippen LogP contribution is 2.21. The predicted molar refractivity (Wildman–Crippen MR) is 81.3 cm³/mol. The van der Waals surface area contributed by atoms with Gasteiger partial charge in [-0.15, -0.1) is 0 Å². The first-order valence-electron chi connectivity index (χ1n) is 6.89. The molecule has 1 aromatic carbocycles. The van der Waals surface area contributed by atoms with Crippen LogP contribution in [0, 0.1) is 5.41 Å². The molecule has 0 radical (unpaired) electrons. The van der Waals surface area contributed by atoms with Gasteiger partial charge in [0.25, 0.3) is 0 Å². The highest BCUT2D eigenvalue weighted by atomic mass is 16.5. The van der Waals surface area contributed by atoms with E-state index in [1.165, 1.54) is 0 Å². The summed E-state index contributed by atoms with van der Waals surface area (Å²) in [7, 11) is 3.70. The van der Waals surface area contributed by atoms with Crippen molar-refractivity contribution in [1.82, 2.24) is 4.90 Å². The summed E-state index contributed by atoms with van der Waals surface area (Å²) >= 11 is 0. The fourth-order valence-electron chi connectivity index (χ4n) is 2.11. The number of nitrogens with two attached hydrogens (primary N) is 1. The Morgan fingerprint density at radius 1 is 1.35 bits per heavy atom. The molecule has 5 heteroatoms. The Morgan fingerprint density at radius 2 is 2.10 bits per heavy atom. The summed E-state index contributed by atoms with van der Waals surface area (Å²) in [6, 6.07) is 5.56. The molecule has 0 aliphatic rings. The molecule has 0 fully saturated rings. The molecule has 0 bridgehead atoms. The molecule has 4 N–H and O–H groups in total. The zero-order chi connectivity index (χ0) is 15.0. The SMILES string of the molecule is COc1ccc(C(=N)N)cc1CN(C)CCCCCO. The number of aliphatic hydroxyl groups excluding tert-OH is 1. The van der Waals surface area contributed by atoms with Crippen molar-refractivity contribution in [2.75, 3.05) is 27.3 Å². The van der Waals surface area contributed by atoms with Crippen LogP contribution in [0.1, 0.15) is 30.4 Å². The summed E-state index contributed by atoms with van der Waals surface area (Å²) < 4.78 is 5.35. The maximum absolute atomic E-state index is 8.76. The van der Waals surface area contributed by atoms with Gasteiger partial charge in [0.1, 0.15) is 11.6 Å². The number of nitrogens with zero attached hydrogens (tertiary/aromatic N) is 1. The lowest BCUT2D eigenvalue weighted by molar-refractivity contribution is 0.270. The van der Waals surface area contributed by atoms with Crippen molar-refractivity contribution >= 4 is 5.84 Å². The van der Waals surface area contributed by atoms with Crippen molar-refractivity contribution in [3.8, 4) is 5.75 Å². The van der Waals surface area contributed by atoms with E-state index >= 15 is 0 Å². The van der Waals surface area contributed by atoms with Crippen LogP contribution in [0.3, 0.4) is 0 Å². The first kappa shape index (κ1) is 16.5.